The highest BCUT2D eigenvalue weighted by Gasteiger charge is 2.17. The van der Waals surface area contributed by atoms with Gasteiger partial charge in [0.2, 0.25) is 5.89 Å². The van der Waals surface area contributed by atoms with Crippen LogP contribution in [0.3, 0.4) is 0 Å². The fourth-order valence-electron chi connectivity index (χ4n) is 2.06. The number of nitrogens with zero attached hydrogens (tertiary/aromatic N) is 4. The Morgan fingerprint density at radius 3 is 2.78 bits per heavy atom. The molecule has 23 heavy (non-hydrogen) atoms. The number of aryl methyl sites for hydroxylation is 2. The summed E-state index contributed by atoms with van der Waals surface area (Å²) in [5.41, 5.74) is 1.05. The fraction of sp³-hybridized carbons (Fsp3) is 0.200. The van der Waals surface area contributed by atoms with Crippen molar-refractivity contribution in [3.05, 3.63) is 64.7 Å². The fourth-order valence-corrected chi connectivity index (χ4v) is 2.06. The smallest absolute Gasteiger partial charge is 0.314 e. The number of halogens is 2. The molecule has 0 spiro atoms. The molecule has 0 aliphatic carbocycles. The van der Waals surface area contributed by atoms with E-state index in [1.165, 1.54) is 10.6 Å². The Morgan fingerprint density at radius 2 is 2.13 bits per heavy atom. The summed E-state index contributed by atoms with van der Waals surface area (Å²) in [6, 6.07) is 6.62. The van der Waals surface area contributed by atoms with Crippen molar-refractivity contribution in [3.8, 4) is 11.5 Å². The largest absolute Gasteiger partial charge is 0.415 e. The second-order valence-electron chi connectivity index (χ2n) is 4.80. The van der Waals surface area contributed by atoms with Crippen molar-refractivity contribution in [2.24, 2.45) is 0 Å². The molecule has 0 N–H and O–H groups in total. The van der Waals surface area contributed by atoms with E-state index in [9.17, 15) is 13.6 Å². The number of hydrogen-bond acceptors (Lipinski definition) is 5. The first-order valence-corrected chi connectivity index (χ1v) is 6.85. The van der Waals surface area contributed by atoms with Crippen LogP contribution in [-0.4, -0.2) is 19.7 Å². The van der Waals surface area contributed by atoms with E-state index in [0.29, 0.717) is 18.5 Å². The Hall–Kier alpha value is -2.90. The van der Waals surface area contributed by atoms with Crippen LogP contribution >= 0.6 is 0 Å². The molecule has 0 atom stereocenters. The van der Waals surface area contributed by atoms with Gasteiger partial charge in [0.25, 0.3) is 11.4 Å². The Bertz CT molecular complexity index is 846. The summed E-state index contributed by atoms with van der Waals surface area (Å²) in [6.45, 7) is 0.483. The van der Waals surface area contributed by atoms with Crippen LogP contribution in [0, 0.1) is 0 Å². The Kier molecular flexibility index (Phi) is 4.22. The van der Waals surface area contributed by atoms with Gasteiger partial charge in [-0.05, 0) is 24.1 Å². The molecule has 0 unspecified atom stereocenters. The summed E-state index contributed by atoms with van der Waals surface area (Å²) < 4.78 is 31.2. The Balaban J connectivity index is 1.76. The molecule has 118 valence electrons. The van der Waals surface area contributed by atoms with Gasteiger partial charge < -0.3 is 8.98 Å². The van der Waals surface area contributed by atoms with E-state index in [1.54, 1.807) is 24.7 Å². The molecule has 0 bridgehead atoms. The normalized spacial score (nSPS) is 11.1. The summed E-state index contributed by atoms with van der Waals surface area (Å²) in [6.07, 6.45) is 2.81. The van der Waals surface area contributed by atoms with E-state index in [4.69, 9.17) is 4.42 Å². The van der Waals surface area contributed by atoms with Crippen LogP contribution in [0.25, 0.3) is 11.5 Å². The standard InChI is InChI=1S/C15H12F2N4O2/c16-13(17)15-20-19-14(23-15)11-4-7-21(12(22)8-11)6-3-10-2-1-5-18-9-10/h1-2,4-5,7-9,13H,3,6H2. The maximum Gasteiger partial charge on any atom is 0.314 e. The molecule has 0 aliphatic rings. The molecule has 0 fully saturated rings. The molecule has 8 heteroatoms. The van der Waals surface area contributed by atoms with Gasteiger partial charge in [-0.2, -0.15) is 8.78 Å². The number of hydrogen-bond donors (Lipinski definition) is 0. The van der Waals surface area contributed by atoms with Crippen molar-refractivity contribution in [3.63, 3.8) is 0 Å². The third-order valence-electron chi connectivity index (χ3n) is 3.23. The van der Waals surface area contributed by atoms with Crippen LogP contribution in [0.5, 0.6) is 0 Å². The maximum absolute atomic E-state index is 12.4. The quantitative estimate of drug-likeness (QED) is 0.722. The molecule has 0 aromatic carbocycles. The molecule has 3 rings (SSSR count). The van der Waals surface area contributed by atoms with Crippen molar-refractivity contribution < 1.29 is 13.2 Å². The third-order valence-corrected chi connectivity index (χ3v) is 3.23. The van der Waals surface area contributed by atoms with Crippen LogP contribution in [-0.2, 0) is 13.0 Å². The van der Waals surface area contributed by atoms with Gasteiger partial charge in [0.05, 0.1) is 0 Å². The topological polar surface area (TPSA) is 73.8 Å². The monoisotopic (exact) mass is 318 g/mol. The summed E-state index contributed by atoms with van der Waals surface area (Å²) in [7, 11) is 0. The summed E-state index contributed by atoms with van der Waals surface area (Å²) in [4.78, 5) is 16.1. The molecular formula is C15H12F2N4O2. The second kappa shape index (κ2) is 6.47. The highest BCUT2D eigenvalue weighted by atomic mass is 19.3. The minimum absolute atomic E-state index is 0.100. The van der Waals surface area contributed by atoms with E-state index in [0.717, 1.165) is 5.56 Å². The average Bonchev–Trinajstić information content (AvgIpc) is 3.05. The van der Waals surface area contributed by atoms with Gasteiger partial charge in [-0.15, -0.1) is 10.2 Å². The number of pyridine rings is 2. The van der Waals surface area contributed by atoms with Gasteiger partial charge in [0, 0.05) is 36.8 Å². The first-order chi connectivity index (χ1) is 11.1. The van der Waals surface area contributed by atoms with Crippen LogP contribution in [0.4, 0.5) is 8.78 Å². The van der Waals surface area contributed by atoms with Crippen LogP contribution in [0.15, 0.2) is 52.1 Å². The third kappa shape index (κ3) is 3.47. The van der Waals surface area contributed by atoms with Crippen molar-refractivity contribution in [2.75, 3.05) is 0 Å². The van der Waals surface area contributed by atoms with Crippen LogP contribution in [0.1, 0.15) is 17.9 Å². The number of rotatable bonds is 5. The van der Waals surface area contributed by atoms with E-state index >= 15 is 0 Å². The molecule has 6 nitrogen and oxygen atoms in total. The molecule has 3 aromatic rings. The summed E-state index contributed by atoms with van der Waals surface area (Å²) >= 11 is 0. The number of aromatic nitrogens is 4. The van der Waals surface area contributed by atoms with E-state index in [1.807, 2.05) is 12.1 Å². The van der Waals surface area contributed by atoms with Crippen LogP contribution in [0.2, 0.25) is 0 Å². The lowest BCUT2D eigenvalue weighted by Crippen LogP contribution is -2.19. The van der Waals surface area contributed by atoms with Crippen molar-refractivity contribution in [1.29, 1.82) is 0 Å². The first kappa shape index (κ1) is 15.0. The highest BCUT2D eigenvalue weighted by molar-refractivity contribution is 5.50. The molecule has 0 saturated carbocycles. The van der Waals surface area contributed by atoms with E-state index in [2.05, 4.69) is 15.2 Å². The van der Waals surface area contributed by atoms with E-state index in [-0.39, 0.29) is 11.4 Å². The zero-order valence-corrected chi connectivity index (χ0v) is 11.9. The summed E-state index contributed by atoms with van der Waals surface area (Å²) in [5, 5.41) is 6.76. The highest BCUT2D eigenvalue weighted by Crippen LogP contribution is 2.22. The Labute approximate surface area is 129 Å². The maximum atomic E-state index is 12.4. The average molecular weight is 318 g/mol. The lowest BCUT2D eigenvalue weighted by Gasteiger charge is -2.05. The zero-order chi connectivity index (χ0) is 16.2. The van der Waals surface area contributed by atoms with Crippen molar-refractivity contribution in [1.82, 2.24) is 19.7 Å². The molecule has 3 heterocycles. The van der Waals surface area contributed by atoms with Gasteiger partial charge >= 0.3 is 6.43 Å². The zero-order valence-electron chi connectivity index (χ0n) is 11.9. The minimum atomic E-state index is -2.84. The van der Waals surface area contributed by atoms with Crippen LogP contribution < -0.4 is 5.56 Å². The van der Waals surface area contributed by atoms with Gasteiger partial charge in [-0.1, -0.05) is 6.07 Å². The SMILES string of the molecule is O=c1cc(-c2nnc(C(F)F)o2)ccn1CCc1cccnc1. The van der Waals surface area contributed by atoms with E-state index < -0.39 is 12.3 Å². The molecule has 0 saturated heterocycles. The summed E-state index contributed by atoms with van der Waals surface area (Å²) in [5.74, 6) is -0.863. The molecule has 0 aliphatic heterocycles. The molecular weight excluding hydrogens is 306 g/mol. The molecule has 0 radical (unpaired) electrons. The van der Waals surface area contributed by atoms with Crippen molar-refractivity contribution in [2.45, 2.75) is 19.4 Å². The predicted molar refractivity (Wildman–Crippen MR) is 76.9 cm³/mol. The van der Waals surface area contributed by atoms with Gasteiger partial charge in [-0.25, -0.2) is 0 Å². The lowest BCUT2D eigenvalue weighted by molar-refractivity contribution is 0.116. The predicted octanol–water partition coefficient (Wildman–Crippen LogP) is 2.47. The lowest BCUT2D eigenvalue weighted by atomic mass is 10.2. The molecule has 3 aromatic heterocycles. The molecule has 0 amide bonds. The van der Waals surface area contributed by atoms with Gasteiger partial charge in [0.1, 0.15) is 0 Å². The Morgan fingerprint density at radius 1 is 1.26 bits per heavy atom. The van der Waals surface area contributed by atoms with Gasteiger partial charge in [0.15, 0.2) is 0 Å². The number of alkyl halides is 2. The van der Waals surface area contributed by atoms with Crippen molar-refractivity contribution >= 4 is 0 Å². The first-order valence-electron chi connectivity index (χ1n) is 6.85. The van der Waals surface area contributed by atoms with Gasteiger partial charge in [-0.3, -0.25) is 9.78 Å². The second-order valence-corrected chi connectivity index (χ2v) is 4.80. The minimum Gasteiger partial charge on any atom is -0.415 e.